The lowest BCUT2D eigenvalue weighted by Gasteiger charge is -2.35. The molecule has 0 atom stereocenters. The van der Waals surface area contributed by atoms with Gasteiger partial charge in [-0.25, -0.2) is 0 Å². The molecule has 1 aliphatic carbocycles. The molecule has 7 aromatic carbocycles. The number of hydrogen-bond acceptors (Lipinski definition) is 1. The van der Waals surface area contributed by atoms with E-state index in [1.54, 1.807) is 0 Å². The Morgan fingerprint density at radius 1 is 0.422 bits per heavy atom. The standard InChI is InChI=1S/C43H30OSi/c1-4-16-31(17-5-1)45(32-18-6-2-7-19-32,33-20-8-3-9-21-33)41-29-30(28-39-36-24-14-15-27-40(36)44-43(39)41)42-37-25-12-10-22-34(37)35-23-11-13-26-38(35)42/h1-29,42H. The Hall–Kier alpha value is -5.44. The second kappa shape index (κ2) is 10.3. The van der Waals surface area contributed by atoms with Gasteiger partial charge in [0.05, 0.1) is 0 Å². The number of fused-ring (bicyclic) bond motifs is 6. The van der Waals surface area contributed by atoms with Crippen LogP contribution in [-0.2, 0) is 0 Å². The lowest BCUT2D eigenvalue weighted by molar-refractivity contribution is 0.671. The van der Waals surface area contributed by atoms with E-state index in [1.165, 1.54) is 54.0 Å². The average Bonchev–Trinajstić information content (AvgIpc) is 3.66. The zero-order valence-corrected chi connectivity index (χ0v) is 25.7. The number of rotatable bonds is 5. The van der Waals surface area contributed by atoms with E-state index in [-0.39, 0.29) is 5.92 Å². The zero-order chi connectivity index (χ0) is 29.8. The van der Waals surface area contributed by atoms with Gasteiger partial charge >= 0.3 is 0 Å². The van der Waals surface area contributed by atoms with Crippen molar-refractivity contribution < 1.29 is 4.42 Å². The van der Waals surface area contributed by atoms with Crippen LogP contribution in [0.2, 0.25) is 0 Å². The van der Waals surface area contributed by atoms with Gasteiger partial charge in [0.15, 0.2) is 8.07 Å². The van der Waals surface area contributed by atoms with Crippen LogP contribution in [0.3, 0.4) is 0 Å². The maximum atomic E-state index is 6.95. The summed E-state index contributed by atoms with van der Waals surface area (Å²) in [6.07, 6.45) is 0. The minimum absolute atomic E-state index is 0.128. The Morgan fingerprint density at radius 3 is 1.44 bits per heavy atom. The first kappa shape index (κ1) is 26.0. The van der Waals surface area contributed by atoms with Gasteiger partial charge in [0.25, 0.3) is 0 Å². The van der Waals surface area contributed by atoms with Crippen LogP contribution >= 0.6 is 0 Å². The highest BCUT2D eigenvalue weighted by Gasteiger charge is 2.44. The third-order valence-corrected chi connectivity index (χ3v) is 14.5. The molecule has 0 amide bonds. The van der Waals surface area contributed by atoms with Crippen LogP contribution in [0.1, 0.15) is 22.6 Å². The van der Waals surface area contributed by atoms with E-state index >= 15 is 0 Å². The van der Waals surface area contributed by atoms with Crippen LogP contribution < -0.4 is 20.7 Å². The lowest BCUT2D eigenvalue weighted by Crippen LogP contribution is -2.74. The van der Waals surface area contributed by atoms with Gasteiger partial charge in [0.1, 0.15) is 11.2 Å². The monoisotopic (exact) mass is 590 g/mol. The molecule has 0 spiro atoms. The maximum absolute atomic E-state index is 6.95. The molecule has 8 aromatic rings. The molecule has 0 aliphatic heterocycles. The summed E-state index contributed by atoms with van der Waals surface area (Å²) in [5, 5.41) is 7.65. The fraction of sp³-hybridized carbons (Fsp3) is 0.0233. The van der Waals surface area contributed by atoms with E-state index in [1.807, 2.05) is 0 Å². The molecule has 45 heavy (non-hydrogen) atoms. The first-order chi connectivity index (χ1) is 22.3. The van der Waals surface area contributed by atoms with Crippen molar-refractivity contribution in [3.8, 4) is 11.1 Å². The minimum Gasteiger partial charge on any atom is -0.456 e. The molecular weight excluding hydrogens is 561 g/mol. The molecule has 1 aliphatic rings. The first-order valence-corrected chi connectivity index (χ1v) is 17.6. The molecule has 1 heterocycles. The van der Waals surface area contributed by atoms with Crippen molar-refractivity contribution in [2.75, 3.05) is 0 Å². The van der Waals surface area contributed by atoms with Crippen molar-refractivity contribution in [3.63, 3.8) is 0 Å². The zero-order valence-electron chi connectivity index (χ0n) is 24.7. The molecule has 1 nitrogen and oxygen atoms in total. The molecule has 212 valence electrons. The van der Waals surface area contributed by atoms with Gasteiger partial charge in [-0.15, -0.1) is 0 Å². The number of furan rings is 1. The van der Waals surface area contributed by atoms with Crippen molar-refractivity contribution in [2.24, 2.45) is 0 Å². The van der Waals surface area contributed by atoms with E-state index in [4.69, 9.17) is 4.42 Å². The topological polar surface area (TPSA) is 13.1 Å². The van der Waals surface area contributed by atoms with Crippen molar-refractivity contribution in [1.82, 2.24) is 0 Å². The Morgan fingerprint density at radius 2 is 0.889 bits per heavy atom. The summed E-state index contributed by atoms with van der Waals surface area (Å²) in [4.78, 5) is 0. The van der Waals surface area contributed by atoms with E-state index < -0.39 is 8.07 Å². The number of hydrogen-bond donors (Lipinski definition) is 0. The van der Waals surface area contributed by atoms with Gasteiger partial charge < -0.3 is 4.42 Å². The predicted molar refractivity (Wildman–Crippen MR) is 190 cm³/mol. The van der Waals surface area contributed by atoms with Crippen molar-refractivity contribution >= 4 is 50.8 Å². The van der Waals surface area contributed by atoms with E-state index in [9.17, 15) is 0 Å². The molecule has 0 N–H and O–H groups in total. The van der Waals surface area contributed by atoms with Crippen LogP contribution in [0.15, 0.2) is 180 Å². The molecule has 0 saturated carbocycles. The van der Waals surface area contributed by atoms with E-state index in [2.05, 4.69) is 176 Å². The van der Waals surface area contributed by atoms with E-state index in [0.29, 0.717) is 0 Å². The lowest BCUT2D eigenvalue weighted by atomic mass is 9.88. The summed E-state index contributed by atoms with van der Waals surface area (Å²) in [5.74, 6) is 0.128. The SMILES string of the molecule is c1ccc([Si](c2ccccc2)(c2ccccc2)c2cc(C3c4ccccc4-c4ccccc43)cc3c2oc2ccccc23)cc1. The first-order valence-electron chi connectivity index (χ1n) is 15.6. The van der Waals surface area contributed by atoms with Gasteiger partial charge in [0, 0.05) is 16.7 Å². The molecule has 0 fully saturated rings. The largest absolute Gasteiger partial charge is 0.456 e. The summed E-state index contributed by atoms with van der Waals surface area (Å²) < 4.78 is 6.95. The smallest absolute Gasteiger partial charge is 0.184 e. The third kappa shape index (κ3) is 3.86. The van der Waals surface area contributed by atoms with Gasteiger partial charge in [-0.1, -0.05) is 164 Å². The van der Waals surface area contributed by atoms with Crippen molar-refractivity contribution in [2.45, 2.75) is 5.92 Å². The molecule has 0 bridgehead atoms. The van der Waals surface area contributed by atoms with Gasteiger partial charge in [-0.3, -0.25) is 0 Å². The second-order valence-corrected chi connectivity index (χ2v) is 15.8. The van der Waals surface area contributed by atoms with Crippen LogP contribution in [0.25, 0.3) is 33.1 Å². The number of para-hydroxylation sites is 1. The average molecular weight is 591 g/mol. The normalized spacial score (nSPS) is 12.8. The Kier molecular flexibility index (Phi) is 5.97. The Balaban J connectivity index is 1.47. The van der Waals surface area contributed by atoms with Crippen LogP contribution in [0.4, 0.5) is 0 Å². The fourth-order valence-corrected chi connectivity index (χ4v) is 12.8. The molecule has 1 aromatic heterocycles. The summed E-state index contributed by atoms with van der Waals surface area (Å²) in [5.41, 5.74) is 8.61. The summed E-state index contributed by atoms with van der Waals surface area (Å²) in [6.45, 7) is 0. The Bertz CT molecular complexity index is 2180. The molecule has 2 heteroatoms. The van der Waals surface area contributed by atoms with Gasteiger partial charge in [0.2, 0.25) is 0 Å². The summed E-state index contributed by atoms with van der Waals surface area (Å²) >= 11 is 0. The molecule has 0 unspecified atom stereocenters. The molecular formula is C43H30OSi. The summed E-state index contributed by atoms with van der Waals surface area (Å²) in [7, 11) is -2.89. The highest BCUT2D eigenvalue weighted by atomic mass is 28.3. The third-order valence-electron chi connectivity index (χ3n) is 9.69. The van der Waals surface area contributed by atoms with Crippen LogP contribution in [0, 0.1) is 0 Å². The molecule has 0 saturated heterocycles. The second-order valence-electron chi connectivity index (χ2n) is 12.0. The maximum Gasteiger partial charge on any atom is 0.184 e. The highest BCUT2D eigenvalue weighted by Crippen LogP contribution is 2.48. The van der Waals surface area contributed by atoms with E-state index in [0.717, 1.165) is 16.6 Å². The quantitative estimate of drug-likeness (QED) is 0.146. The minimum atomic E-state index is -2.89. The van der Waals surface area contributed by atoms with Crippen molar-refractivity contribution in [3.05, 3.63) is 193 Å². The van der Waals surface area contributed by atoms with Gasteiger partial charge in [-0.2, -0.15) is 0 Å². The molecule has 0 radical (unpaired) electrons. The predicted octanol–water partition coefficient (Wildman–Crippen LogP) is 8.12. The fourth-order valence-electron chi connectivity index (χ4n) is 7.84. The highest BCUT2D eigenvalue weighted by molar-refractivity contribution is 7.20. The molecule has 9 rings (SSSR count). The number of benzene rings is 7. The van der Waals surface area contributed by atoms with Gasteiger partial charge in [-0.05, 0) is 60.7 Å². The van der Waals surface area contributed by atoms with Crippen molar-refractivity contribution in [1.29, 1.82) is 0 Å². The van der Waals surface area contributed by atoms with Crippen LogP contribution in [0.5, 0.6) is 0 Å². The Labute approximate surface area is 264 Å². The summed E-state index contributed by atoms with van der Waals surface area (Å²) in [6, 6.07) is 64.7. The van der Waals surface area contributed by atoms with Crippen LogP contribution in [-0.4, -0.2) is 8.07 Å².